The normalized spacial score (nSPS) is 17.7. The number of H-pyrrole nitrogens is 1. The van der Waals surface area contributed by atoms with Crippen molar-refractivity contribution in [3.05, 3.63) is 46.2 Å². The van der Waals surface area contributed by atoms with E-state index in [0.717, 1.165) is 50.5 Å². The van der Waals surface area contributed by atoms with Crippen LogP contribution < -0.4 is 26.8 Å². The van der Waals surface area contributed by atoms with Crippen molar-refractivity contribution < 1.29 is 24.0 Å². The second kappa shape index (κ2) is 19.4. The highest BCUT2D eigenvalue weighted by Crippen LogP contribution is 2.29. The van der Waals surface area contributed by atoms with Crippen LogP contribution in [0.3, 0.4) is 0 Å². The van der Waals surface area contributed by atoms with Crippen molar-refractivity contribution in [2.24, 2.45) is 5.92 Å². The van der Waals surface area contributed by atoms with Crippen LogP contribution in [0.4, 0.5) is 4.79 Å². The fourth-order valence-corrected chi connectivity index (χ4v) is 6.93. The molecule has 4 heterocycles. The molecule has 3 aromatic rings. The molecule has 2 saturated carbocycles. The van der Waals surface area contributed by atoms with Crippen molar-refractivity contribution >= 4 is 51.1 Å². The molecule has 15 heteroatoms. The predicted molar refractivity (Wildman–Crippen MR) is 205 cm³/mol. The van der Waals surface area contributed by atoms with Crippen molar-refractivity contribution in [2.75, 3.05) is 13.1 Å². The van der Waals surface area contributed by atoms with E-state index in [1.807, 2.05) is 50.4 Å². The number of rotatable bonds is 9. The Morgan fingerprint density at radius 3 is 2.34 bits per heavy atom. The number of carbonyl (C=O) groups excluding carboxylic acids is 5. The summed E-state index contributed by atoms with van der Waals surface area (Å²) in [5.74, 6) is -1.56. The maximum absolute atomic E-state index is 13.6. The zero-order valence-corrected chi connectivity index (χ0v) is 32.3. The Labute approximate surface area is 314 Å². The summed E-state index contributed by atoms with van der Waals surface area (Å²) in [6.07, 6.45) is 10.6. The third-order valence-corrected chi connectivity index (χ3v) is 9.71. The van der Waals surface area contributed by atoms with E-state index in [1.165, 1.54) is 22.7 Å². The third kappa shape index (κ3) is 12.5. The molecule has 14 nitrogen and oxygen atoms in total. The third-order valence-electron chi connectivity index (χ3n) is 8.81. The number of urea groups is 1. The van der Waals surface area contributed by atoms with E-state index < -0.39 is 47.8 Å². The summed E-state index contributed by atoms with van der Waals surface area (Å²) >= 11 is 1.39. The van der Waals surface area contributed by atoms with Gasteiger partial charge in [-0.15, -0.1) is 11.3 Å². The zero-order valence-electron chi connectivity index (χ0n) is 31.5. The lowest BCUT2D eigenvalue weighted by Crippen LogP contribution is -2.59. The Kier molecular flexibility index (Phi) is 15.1. The summed E-state index contributed by atoms with van der Waals surface area (Å²) < 4.78 is 0.652. The molecule has 2 atom stereocenters. The van der Waals surface area contributed by atoms with Gasteiger partial charge in [0.15, 0.2) is 5.82 Å². The first-order valence-electron chi connectivity index (χ1n) is 18.7. The lowest BCUT2D eigenvalue weighted by Gasteiger charge is -2.35. The number of fused-ring (bicyclic) bond motifs is 1. The second-order valence-corrected chi connectivity index (χ2v) is 15.7. The molecule has 2 aliphatic carbocycles. The van der Waals surface area contributed by atoms with Crippen LogP contribution in [-0.4, -0.2) is 86.1 Å². The summed E-state index contributed by atoms with van der Waals surface area (Å²) in [7, 11) is 0. The number of ketones is 1. The number of aromatic nitrogens is 3. The average Bonchev–Trinajstić information content (AvgIpc) is 3.57. The van der Waals surface area contributed by atoms with Crippen LogP contribution in [0.2, 0.25) is 0 Å². The van der Waals surface area contributed by atoms with Gasteiger partial charge in [-0.2, -0.15) is 0 Å². The predicted octanol–water partition coefficient (Wildman–Crippen LogP) is 4.45. The SMILES string of the molecule is CC(C)(C)NC(=O)N[C@H](C(=O)N1CCCC1C(=O)NCC(=O)C(=O)NC1CC1)C1CCCCC1.CCC.O=c1[nH]c(-c2ccccn2)nc2ccsc12. The van der Waals surface area contributed by atoms with E-state index in [1.54, 1.807) is 6.20 Å². The molecular formula is C38H54N8O6S. The number of carbonyl (C=O) groups is 5. The Morgan fingerprint density at radius 2 is 1.70 bits per heavy atom. The smallest absolute Gasteiger partial charge is 0.315 e. The topological polar surface area (TPSA) is 195 Å². The molecule has 5 amide bonds. The number of hydrogen-bond acceptors (Lipinski definition) is 9. The number of amides is 5. The average molecular weight is 751 g/mol. The van der Waals surface area contributed by atoms with E-state index >= 15 is 0 Å². The van der Waals surface area contributed by atoms with E-state index in [0.29, 0.717) is 35.6 Å². The van der Waals surface area contributed by atoms with Crippen LogP contribution in [0.15, 0.2) is 40.6 Å². The minimum absolute atomic E-state index is 0.0176. The summed E-state index contributed by atoms with van der Waals surface area (Å²) in [5.41, 5.74) is 0.835. The molecule has 3 aliphatic rings. The Hall–Kier alpha value is -4.66. The van der Waals surface area contributed by atoms with Crippen LogP contribution in [0.1, 0.15) is 98.8 Å². The molecule has 0 aromatic carbocycles. The van der Waals surface area contributed by atoms with Crippen LogP contribution in [-0.2, 0) is 19.2 Å². The number of hydrogen-bond donors (Lipinski definition) is 5. The fraction of sp³-hybridized carbons (Fsp3) is 0.579. The molecular weight excluding hydrogens is 697 g/mol. The number of pyridine rings is 1. The summed E-state index contributed by atoms with van der Waals surface area (Å²) in [6, 6.07) is 5.58. The monoisotopic (exact) mass is 750 g/mol. The van der Waals surface area contributed by atoms with Crippen molar-refractivity contribution in [2.45, 2.75) is 122 Å². The van der Waals surface area contributed by atoms with Gasteiger partial charge in [-0.05, 0) is 88.8 Å². The first-order valence-corrected chi connectivity index (χ1v) is 19.6. The number of aromatic amines is 1. The van der Waals surface area contributed by atoms with Crippen molar-refractivity contribution in [1.82, 2.24) is 41.1 Å². The van der Waals surface area contributed by atoms with Gasteiger partial charge in [-0.25, -0.2) is 9.78 Å². The molecule has 288 valence electrons. The molecule has 3 fully saturated rings. The van der Waals surface area contributed by atoms with Crippen molar-refractivity contribution in [3.63, 3.8) is 0 Å². The molecule has 1 aliphatic heterocycles. The van der Waals surface area contributed by atoms with Crippen molar-refractivity contribution in [1.29, 1.82) is 0 Å². The highest BCUT2D eigenvalue weighted by atomic mass is 32.1. The summed E-state index contributed by atoms with van der Waals surface area (Å²) in [5, 5.41) is 12.7. The molecule has 6 rings (SSSR count). The maximum atomic E-state index is 13.6. The second-order valence-electron chi connectivity index (χ2n) is 14.8. The maximum Gasteiger partial charge on any atom is 0.315 e. The number of likely N-dealkylation sites (tertiary alicyclic amines) is 1. The molecule has 0 spiro atoms. The highest BCUT2D eigenvalue weighted by Gasteiger charge is 2.41. The minimum Gasteiger partial charge on any atom is -0.347 e. The Balaban J connectivity index is 0.000000271. The largest absolute Gasteiger partial charge is 0.347 e. The lowest BCUT2D eigenvalue weighted by atomic mass is 9.83. The quantitative estimate of drug-likeness (QED) is 0.198. The highest BCUT2D eigenvalue weighted by molar-refractivity contribution is 7.17. The summed E-state index contributed by atoms with van der Waals surface area (Å²) in [6.45, 7) is 9.89. The van der Waals surface area contributed by atoms with E-state index in [2.05, 4.69) is 50.1 Å². The van der Waals surface area contributed by atoms with Gasteiger partial charge in [0.1, 0.15) is 22.5 Å². The fourth-order valence-electron chi connectivity index (χ4n) is 6.20. The molecule has 1 unspecified atom stereocenters. The van der Waals surface area contributed by atoms with Gasteiger partial charge >= 0.3 is 6.03 Å². The molecule has 5 N–H and O–H groups in total. The van der Waals surface area contributed by atoms with E-state index in [9.17, 15) is 28.8 Å². The van der Waals surface area contributed by atoms with Gasteiger partial charge in [0.2, 0.25) is 17.6 Å². The number of nitrogens with zero attached hydrogens (tertiary/aromatic N) is 3. The minimum atomic E-state index is -0.717. The first-order chi connectivity index (χ1) is 25.3. The standard InChI is InChI=1S/C24H39N5O5.C11H7N3OS.C3H8/c1-24(2,3)28-23(34)27-19(15-8-5-4-6-9-15)22(33)29-13-7-10-17(29)20(31)25-14-18(30)21(32)26-16-11-12-16;15-11-9-7(4-6-16-9)13-10(14-11)8-3-1-2-5-12-8;1-3-2/h15-17,19H,4-14H2,1-3H3,(H,25,31)(H,26,32)(H2,27,28,34);1-6H,(H,13,14,15);3H2,1-2H3/t17?,19-;;/m0../s1. The summed E-state index contributed by atoms with van der Waals surface area (Å²) in [4.78, 5) is 87.4. The number of Topliss-reactive ketones (excluding diaryl/α,β-unsaturated/α-hetero) is 1. The molecule has 0 radical (unpaired) electrons. The van der Waals surface area contributed by atoms with Crippen molar-refractivity contribution in [3.8, 4) is 11.5 Å². The Bertz CT molecular complexity index is 1760. The van der Waals surface area contributed by atoms with Gasteiger partial charge in [-0.3, -0.25) is 29.0 Å². The molecule has 0 bridgehead atoms. The van der Waals surface area contributed by atoms with E-state index in [4.69, 9.17) is 0 Å². The first kappa shape index (κ1) is 41.1. The zero-order chi connectivity index (χ0) is 38.5. The Morgan fingerprint density at radius 1 is 0.981 bits per heavy atom. The number of thiophene rings is 1. The van der Waals surface area contributed by atoms with Crippen LogP contribution in [0.25, 0.3) is 21.7 Å². The van der Waals surface area contributed by atoms with Crippen LogP contribution in [0.5, 0.6) is 0 Å². The number of nitrogens with one attached hydrogen (secondary N) is 5. The van der Waals surface area contributed by atoms with Gasteiger partial charge in [-0.1, -0.05) is 45.6 Å². The molecule has 53 heavy (non-hydrogen) atoms. The van der Waals surface area contributed by atoms with Gasteiger partial charge < -0.3 is 31.2 Å². The van der Waals surface area contributed by atoms with Gasteiger partial charge in [0.05, 0.1) is 12.1 Å². The molecule has 1 saturated heterocycles. The lowest BCUT2D eigenvalue weighted by molar-refractivity contribution is -0.142. The van der Waals surface area contributed by atoms with Gasteiger partial charge in [0.25, 0.3) is 11.5 Å². The van der Waals surface area contributed by atoms with Crippen LogP contribution in [0, 0.1) is 5.92 Å². The molecule has 3 aromatic heterocycles. The van der Waals surface area contributed by atoms with Gasteiger partial charge in [0, 0.05) is 24.3 Å². The van der Waals surface area contributed by atoms with E-state index in [-0.39, 0.29) is 23.4 Å². The van der Waals surface area contributed by atoms with Crippen LogP contribution >= 0.6 is 11.3 Å².